The number of rotatable bonds is 7. The molecule has 0 bridgehead atoms. The Bertz CT molecular complexity index is 1030. The van der Waals surface area contributed by atoms with Crippen molar-refractivity contribution in [3.63, 3.8) is 0 Å². The van der Waals surface area contributed by atoms with E-state index in [0.29, 0.717) is 17.9 Å². The molecule has 2 aromatic carbocycles. The van der Waals surface area contributed by atoms with E-state index in [2.05, 4.69) is 11.4 Å². The van der Waals surface area contributed by atoms with Gasteiger partial charge in [0.25, 0.3) is 0 Å². The number of carbonyl (C=O) groups is 1. The van der Waals surface area contributed by atoms with Crippen molar-refractivity contribution in [3.05, 3.63) is 70.7 Å². The summed E-state index contributed by atoms with van der Waals surface area (Å²) in [6, 6.07) is 17.3. The Kier molecular flexibility index (Phi) is 7.07. The number of nitrogens with one attached hydrogen (secondary N) is 1. The molecule has 7 heteroatoms. The Morgan fingerprint density at radius 1 is 1.12 bits per heavy atom. The van der Waals surface area contributed by atoms with Crippen LogP contribution in [0.4, 0.5) is 0 Å². The van der Waals surface area contributed by atoms with Crippen LogP contribution in [0.1, 0.15) is 51.3 Å². The Morgan fingerprint density at radius 2 is 1.78 bits per heavy atom. The van der Waals surface area contributed by atoms with E-state index < -0.39 is 18.3 Å². The topological polar surface area (TPSA) is 80.6 Å². The van der Waals surface area contributed by atoms with Crippen molar-refractivity contribution < 1.29 is 18.8 Å². The monoisotopic (exact) mass is 432 g/mol. The number of nitriles is 1. The molecule has 1 aliphatic rings. The second-order valence-corrected chi connectivity index (χ2v) is 8.86. The van der Waals surface area contributed by atoms with Gasteiger partial charge in [-0.15, -0.1) is 0 Å². The van der Waals surface area contributed by atoms with Crippen LogP contribution in [0.2, 0.25) is 0 Å². The molecule has 32 heavy (non-hydrogen) atoms. The highest BCUT2D eigenvalue weighted by Gasteiger charge is 2.52. The molecule has 1 fully saturated rings. The summed E-state index contributed by atoms with van der Waals surface area (Å²) in [4.78, 5) is 11.6. The normalized spacial score (nSPS) is 17.0. The molecular formula is C25H29BN2O4. The molecular weight excluding hydrogens is 403 g/mol. The van der Waals surface area contributed by atoms with Crippen molar-refractivity contribution in [2.75, 3.05) is 6.54 Å². The Hall–Kier alpha value is -3.08. The van der Waals surface area contributed by atoms with Gasteiger partial charge < -0.3 is 19.4 Å². The van der Waals surface area contributed by atoms with Gasteiger partial charge in [0, 0.05) is 13.5 Å². The minimum Gasteiger partial charge on any atom is -0.488 e. The van der Waals surface area contributed by atoms with E-state index >= 15 is 0 Å². The van der Waals surface area contributed by atoms with Gasteiger partial charge in [0.2, 0.25) is 5.91 Å². The number of amides is 1. The minimum absolute atomic E-state index is 0.140. The van der Waals surface area contributed by atoms with Crippen LogP contribution in [0.5, 0.6) is 5.75 Å². The van der Waals surface area contributed by atoms with Crippen LogP contribution in [0.25, 0.3) is 6.08 Å². The van der Waals surface area contributed by atoms with E-state index in [9.17, 15) is 10.1 Å². The van der Waals surface area contributed by atoms with Crippen molar-refractivity contribution in [1.82, 2.24) is 5.32 Å². The number of hydrogen-bond donors (Lipinski definition) is 1. The summed E-state index contributed by atoms with van der Waals surface area (Å²) in [5.41, 5.74) is 2.07. The van der Waals surface area contributed by atoms with E-state index in [-0.39, 0.29) is 12.5 Å². The standard InChI is InChI=1S/C25H29BN2O4/c1-18(29)28-16-22(26-31-24(2,3)25(4,5)32-26)13-20-11-12-21(15-27)23(14-20)30-17-19-9-7-6-8-10-19/h6-14H,16-17H2,1-5H3,(H,28,29). The largest absolute Gasteiger partial charge is 0.492 e. The third-order valence-electron chi connectivity index (χ3n) is 5.81. The fraction of sp³-hybridized carbons (Fsp3) is 0.360. The van der Waals surface area contributed by atoms with E-state index in [4.69, 9.17) is 14.0 Å². The molecule has 1 saturated heterocycles. The zero-order chi connectivity index (χ0) is 23.4. The highest BCUT2D eigenvalue weighted by atomic mass is 16.7. The highest BCUT2D eigenvalue weighted by molar-refractivity contribution is 6.56. The van der Waals surface area contributed by atoms with Gasteiger partial charge in [-0.1, -0.05) is 42.5 Å². The van der Waals surface area contributed by atoms with Crippen LogP contribution < -0.4 is 10.1 Å². The Morgan fingerprint density at radius 3 is 2.38 bits per heavy atom. The highest BCUT2D eigenvalue weighted by Crippen LogP contribution is 2.39. The molecule has 0 unspecified atom stereocenters. The second kappa shape index (κ2) is 9.60. The van der Waals surface area contributed by atoms with Crippen molar-refractivity contribution in [2.45, 2.75) is 52.4 Å². The summed E-state index contributed by atoms with van der Waals surface area (Å²) in [6.07, 6.45) is 1.91. The zero-order valence-corrected chi connectivity index (χ0v) is 19.3. The van der Waals surface area contributed by atoms with Crippen molar-refractivity contribution >= 4 is 19.1 Å². The first-order valence-corrected chi connectivity index (χ1v) is 10.6. The predicted octanol–water partition coefficient (Wildman–Crippen LogP) is 4.29. The van der Waals surface area contributed by atoms with Gasteiger partial charge in [0.1, 0.15) is 18.4 Å². The fourth-order valence-corrected chi connectivity index (χ4v) is 3.21. The molecule has 6 nitrogen and oxygen atoms in total. The molecule has 0 aliphatic carbocycles. The second-order valence-electron chi connectivity index (χ2n) is 8.86. The van der Waals surface area contributed by atoms with Crippen molar-refractivity contribution in [3.8, 4) is 11.8 Å². The number of hydrogen-bond acceptors (Lipinski definition) is 5. The molecule has 3 rings (SSSR count). The van der Waals surface area contributed by atoms with Crippen LogP contribution in [-0.2, 0) is 20.7 Å². The summed E-state index contributed by atoms with van der Waals surface area (Å²) < 4.78 is 18.3. The maximum Gasteiger partial charge on any atom is 0.492 e. The average Bonchev–Trinajstić information content (AvgIpc) is 2.97. The van der Waals surface area contributed by atoms with Crippen LogP contribution in [-0.4, -0.2) is 30.8 Å². The summed E-state index contributed by atoms with van der Waals surface area (Å²) in [5, 5.41) is 12.3. The molecule has 1 aliphatic heterocycles. The van der Waals surface area contributed by atoms with Crippen LogP contribution in [0.3, 0.4) is 0 Å². The lowest BCUT2D eigenvalue weighted by Crippen LogP contribution is -2.41. The Labute approximate surface area is 190 Å². The molecule has 2 aromatic rings. The number of nitrogens with zero attached hydrogens (tertiary/aromatic N) is 1. The van der Waals surface area contributed by atoms with E-state index in [1.165, 1.54) is 6.92 Å². The van der Waals surface area contributed by atoms with Crippen molar-refractivity contribution in [2.24, 2.45) is 0 Å². The minimum atomic E-state index is -0.601. The SMILES string of the molecule is CC(=O)NCC(=Cc1ccc(C#N)c(OCc2ccccc2)c1)B1OC(C)(C)C(C)(C)O1. The molecule has 1 amide bonds. The van der Waals surface area contributed by atoms with Gasteiger partial charge in [-0.05, 0) is 56.4 Å². The number of carbonyl (C=O) groups excluding carboxylic acids is 1. The quantitative estimate of drug-likeness (QED) is 0.661. The molecule has 166 valence electrons. The first kappa shape index (κ1) is 23.6. The number of benzene rings is 2. The average molecular weight is 432 g/mol. The van der Waals surface area contributed by atoms with Crippen LogP contribution in [0, 0.1) is 11.3 Å². The first-order valence-electron chi connectivity index (χ1n) is 10.6. The van der Waals surface area contributed by atoms with E-state index in [1.54, 1.807) is 6.07 Å². The van der Waals surface area contributed by atoms with E-state index in [0.717, 1.165) is 16.6 Å². The van der Waals surface area contributed by atoms with E-state index in [1.807, 2.05) is 76.2 Å². The van der Waals surface area contributed by atoms with Crippen LogP contribution >= 0.6 is 0 Å². The first-order chi connectivity index (χ1) is 15.1. The summed E-state index contributed by atoms with van der Waals surface area (Å²) in [7, 11) is -0.601. The van der Waals surface area contributed by atoms with Gasteiger partial charge in [0.05, 0.1) is 16.8 Å². The summed E-state index contributed by atoms with van der Waals surface area (Å²) >= 11 is 0. The molecule has 0 atom stereocenters. The van der Waals surface area contributed by atoms with Gasteiger partial charge in [-0.3, -0.25) is 4.79 Å². The van der Waals surface area contributed by atoms with Gasteiger partial charge >= 0.3 is 7.12 Å². The lowest BCUT2D eigenvalue weighted by Gasteiger charge is -2.32. The van der Waals surface area contributed by atoms with Gasteiger partial charge in [0.15, 0.2) is 0 Å². The molecule has 1 heterocycles. The summed E-state index contributed by atoms with van der Waals surface area (Å²) in [6.45, 7) is 10.1. The molecule has 0 radical (unpaired) electrons. The van der Waals surface area contributed by atoms with Gasteiger partial charge in [-0.25, -0.2) is 0 Å². The molecule has 0 saturated carbocycles. The maximum absolute atomic E-state index is 11.6. The third kappa shape index (κ3) is 5.58. The smallest absolute Gasteiger partial charge is 0.488 e. The molecule has 0 spiro atoms. The fourth-order valence-electron chi connectivity index (χ4n) is 3.21. The predicted molar refractivity (Wildman–Crippen MR) is 125 cm³/mol. The Balaban J connectivity index is 1.89. The number of ether oxygens (including phenoxy) is 1. The lowest BCUT2D eigenvalue weighted by atomic mass is 9.77. The molecule has 1 N–H and O–H groups in total. The molecule has 0 aromatic heterocycles. The van der Waals surface area contributed by atoms with Gasteiger partial charge in [-0.2, -0.15) is 5.26 Å². The van der Waals surface area contributed by atoms with Crippen LogP contribution in [0.15, 0.2) is 54.0 Å². The van der Waals surface area contributed by atoms with Crippen molar-refractivity contribution in [1.29, 1.82) is 5.26 Å². The lowest BCUT2D eigenvalue weighted by molar-refractivity contribution is -0.118. The summed E-state index contributed by atoms with van der Waals surface area (Å²) in [5.74, 6) is 0.358. The zero-order valence-electron chi connectivity index (χ0n) is 19.3. The maximum atomic E-state index is 11.6. The third-order valence-corrected chi connectivity index (χ3v) is 5.81.